The molecule has 3 aromatic heterocycles. The van der Waals surface area contributed by atoms with Crippen LogP contribution in [-0.2, 0) is 0 Å². The number of aromatic nitrogens is 4. The van der Waals surface area contributed by atoms with Crippen molar-refractivity contribution in [3.8, 4) is 45.0 Å². The summed E-state index contributed by atoms with van der Waals surface area (Å²) < 4.78 is 0. The Labute approximate surface area is 274 Å². The van der Waals surface area contributed by atoms with E-state index in [1.54, 1.807) is 0 Å². The topological polar surface area (TPSA) is 57.4 Å². The summed E-state index contributed by atoms with van der Waals surface area (Å²) in [5.41, 5.74) is 21.6. The van der Waals surface area contributed by atoms with Gasteiger partial charge in [0.1, 0.15) is 0 Å². The van der Waals surface area contributed by atoms with Crippen LogP contribution in [0.5, 0.6) is 0 Å². The molecule has 2 N–H and O–H groups in total. The summed E-state index contributed by atoms with van der Waals surface area (Å²) in [6.07, 6.45) is 0. The van der Waals surface area contributed by atoms with Gasteiger partial charge < -0.3 is 9.97 Å². The smallest absolute Gasteiger partial charge is 0.0737 e. The van der Waals surface area contributed by atoms with E-state index in [1.807, 2.05) is 0 Å². The Balaban J connectivity index is 1.51. The number of H-pyrrole nitrogens is 2. The number of fused-ring (bicyclic) bond motifs is 20. The molecular weight excluding hydrogens is 573 g/mol. The maximum Gasteiger partial charge on any atom is 0.0737 e. The Morgan fingerprint density at radius 3 is 1.04 bits per heavy atom. The summed E-state index contributed by atoms with van der Waals surface area (Å²) in [6, 6.07) is 29.4. The highest BCUT2D eigenvalue weighted by Gasteiger charge is 2.21. The fraction of sp³-hybridized carbons (Fsp3) is 0.163. The molecule has 0 saturated carbocycles. The lowest BCUT2D eigenvalue weighted by Gasteiger charge is -2.05. The average molecular weight is 609 g/mol. The number of hydrogen-bond donors (Lipinski definition) is 2. The maximum absolute atomic E-state index is 5.34. The second kappa shape index (κ2) is 9.76. The number of rotatable bonds is 0. The predicted octanol–water partition coefficient (Wildman–Crippen LogP) is 11.4. The van der Waals surface area contributed by atoms with Gasteiger partial charge in [0, 0.05) is 65.9 Å². The largest absolute Gasteiger partial charge is 0.354 e. The van der Waals surface area contributed by atoms with Crippen molar-refractivity contribution in [2.24, 2.45) is 0 Å². The molecule has 2 aliphatic heterocycles. The number of aromatic amines is 2. The summed E-state index contributed by atoms with van der Waals surface area (Å²) in [4.78, 5) is 18.3. The van der Waals surface area contributed by atoms with Crippen LogP contribution >= 0.6 is 0 Å². The average Bonchev–Trinajstić information content (AvgIpc) is 3.73. The van der Waals surface area contributed by atoms with Crippen molar-refractivity contribution in [2.45, 2.75) is 48.5 Å². The number of aryl methyl sites for hydroxylation is 7. The van der Waals surface area contributed by atoms with Crippen LogP contribution in [0, 0.1) is 48.5 Å². The molecule has 0 aliphatic carbocycles. The lowest BCUT2D eigenvalue weighted by molar-refractivity contribution is 1.35. The Morgan fingerprint density at radius 1 is 0.340 bits per heavy atom. The van der Waals surface area contributed by atoms with E-state index in [9.17, 15) is 0 Å². The first-order valence-electron chi connectivity index (χ1n) is 16.4. The third kappa shape index (κ3) is 4.21. The summed E-state index contributed by atoms with van der Waals surface area (Å²) in [5, 5.41) is 4.75. The molecule has 7 aromatic rings. The highest BCUT2D eigenvalue weighted by Crippen LogP contribution is 2.42. The highest BCUT2D eigenvalue weighted by atomic mass is 14.8. The molecule has 0 spiro atoms. The molecular formula is C43H36N4. The summed E-state index contributed by atoms with van der Waals surface area (Å²) in [6.45, 7) is 15.3. The quantitative estimate of drug-likeness (QED) is 0.180. The second-order valence-corrected chi connectivity index (χ2v) is 13.7. The molecule has 4 aromatic carbocycles. The van der Waals surface area contributed by atoms with Crippen LogP contribution < -0.4 is 0 Å². The predicted molar refractivity (Wildman–Crippen MR) is 198 cm³/mol. The van der Waals surface area contributed by atoms with Crippen molar-refractivity contribution in [3.63, 3.8) is 0 Å². The molecule has 0 fully saturated rings. The van der Waals surface area contributed by atoms with Crippen LogP contribution in [0.2, 0.25) is 0 Å². The van der Waals surface area contributed by atoms with Gasteiger partial charge in [0.2, 0.25) is 0 Å². The Bertz CT molecular complexity index is 2690. The van der Waals surface area contributed by atoms with E-state index in [0.29, 0.717) is 0 Å². The maximum atomic E-state index is 5.34. The molecule has 8 bridgehead atoms. The fourth-order valence-electron chi connectivity index (χ4n) is 7.36. The van der Waals surface area contributed by atoms with Crippen LogP contribution in [0.1, 0.15) is 38.9 Å². The molecule has 0 amide bonds. The van der Waals surface area contributed by atoms with Gasteiger partial charge in [-0.2, -0.15) is 0 Å². The molecule has 0 radical (unpaired) electrons. The van der Waals surface area contributed by atoms with E-state index in [2.05, 4.69) is 137 Å². The van der Waals surface area contributed by atoms with Crippen molar-refractivity contribution in [1.82, 2.24) is 19.9 Å². The minimum atomic E-state index is 0.969. The van der Waals surface area contributed by atoms with E-state index in [0.717, 1.165) is 61.5 Å². The molecule has 228 valence electrons. The SMILES string of the molecule is Cc1ccc2c3cc4nc(cc5[nH]c(cc6nc(cc([nH]3)c2c1)-c1cc(C)c(C)cc1-6)c1cc(C)c(C)cc51)-c1cc(C)c(C)cc1-4. The number of nitrogens with zero attached hydrogens (tertiary/aromatic N) is 2. The van der Waals surface area contributed by atoms with E-state index >= 15 is 0 Å². The minimum Gasteiger partial charge on any atom is -0.354 e. The number of hydrogen-bond acceptors (Lipinski definition) is 2. The first kappa shape index (κ1) is 27.8. The monoisotopic (exact) mass is 608 g/mol. The van der Waals surface area contributed by atoms with E-state index in [-0.39, 0.29) is 0 Å². The van der Waals surface area contributed by atoms with Crippen LogP contribution in [0.25, 0.3) is 88.6 Å². The molecule has 4 heteroatoms. The van der Waals surface area contributed by atoms with Gasteiger partial charge in [-0.05, 0) is 149 Å². The van der Waals surface area contributed by atoms with Gasteiger partial charge >= 0.3 is 0 Å². The third-order valence-corrected chi connectivity index (χ3v) is 10.5. The molecule has 47 heavy (non-hydrogen) atoms. The van der Waals surface area contributed by atoms with Gasteiger partial charge in [-0.25, -0.2) is 9.97 Å². The zero-order valence-corrected chi connectivity index (χ0v) is 27.9. The van der Waals surface area contributed by atoms with Crippen LogP contribution in [0.4, 0.5) is 0 Å². The van der Waals surface area contributed by atoms with Gasteiger partial charge in [0.05, 0.1) is 22.8 Å². The van der Waals surface area contributed by atoms with Crippen molar-refractivity contribution >= 4 is 43.6 Å². The van der Waals surface area contributed by atoms with Gasteiger partial charge in [-0.1, -0.05) is 17.7 Å². The third-order valence-electron chi connectivity index (χ3n) is 10.5. The Hall–Kier alpha value is -5.48. The van der Waals surface area contributed by atoms with E-state index in [1.165, 1.54) is 66.1 Å². The van der Waals surface area contributed by atoms with E-state index < -0.39 is 0 Å². The number of nitrogens with one attached hydrogen (secondary N) is 2. The lowest BCUT2D eigenvalue weighted by atomic mass is 9.97. The van der Waals surface area contributed by atoms with Crippen molar-refractivity contribution in [3.05, 3.63) is 118 Å². The Kier molecular flexibility index (Phi) is 5.77. The zero-order valence-electron chi connectivity index (χ0n) is 27.9. The molecule has 0 atom stereocenters. The first-order chi connectivity index (χ1) is 22.6. The van der Waals surface area contributed by atoms with Gasteiger partial charge in [0.25, 0.3) is 0 Å². The fourth-order valence-corrected chi connectivity index (χ4v) is 7.36. The zero-order chi connectivity index (χ0) is 32.3. The lowest BCUT2D eigenvalue weighted by Crippen LogP contribution is -1.84. The Morgan fingerprint density at radius 2 is 0.660 bits per heavy atom. The van der Waals surface area contributed by atoms with Crippen LogP contribution in [-0.4, -0.2) is 19.9 Å². The van der Waals surface area contributed by atoms with Crippen molar-refractivity contribution in [1.29, 1.82) is 0 Å². The molecule has 5 heterocycles. The molecule has 0 unspecified atom stereocenters. The molecule has 9 rings (SSSR count). The standard InChI is InChI=1S/C43H36N4/c1-21-8-9-28-29(10-21)37-18-39-32-13-24(4)25(5)14-33(32)41(46-39)20-43-35-16-27(7)26(6)15-34(35)42(47-43)19-40-31-12-23(3)22(2)11-30(31)38(45-40)17-36(28)44-37/h8-20,44,47H,1-7H3. The first-order valence-corrected chi connectivity index (χ1v) is 16.4. The molecule has 4 nitrogen and oxygen atoms in total. The molecule has 2 aliphatic rings. The van der Waals surface area contributed by atoms with Gasteiger partial charge in [-0.3, -0.25) is 0 Å². The molecule has 0 saturated heterocycles. The van der Waals surface area contributed by atoms with Crippen LogP contribution in [0.3, 0.4) is 0 Å². The van der Waals surface area contributed by atoms with Crippen molar-refractivity contribution < 1.29 is 0 Å². The highest BCUT2D eigenvalue weighted by molar-refractivity contribution is 6.10. The second-order valence-electron chi connectivity index (χ2n) is 13.7. The summed E-state index contributed by atoms with van der Waals surface area (Å²) in [7, 11) is 0. The van der Waals surface area contributed by atoms with E-state index in [4.69, 9.17) is 9.97 Å². The van der Waals surface area contributed by atoms with Gasteiger partial charge in [0.15, 0.2) is 0 Å². The van der Waals surface area contributed by atoms with Crippen molar-refractivity contribution in [2.75, 3.05) is 0 Å². The normalized spacial score (nSPS) is 12.1. The minimum absolute atomic E-state index is 0.969. The van der Waals surface area contributed by atoms with Crippen LogP contribution in [0.15, 0.2) is 78.9 Å². The number of benzene rings is 4. The summed E-state index contributed by atoms with van der Waals surface area (Å²) >= 11 is 0. The van der Waals surface area contributed by atoms with Gasteiger partial charge in [-0.15, -0.1) is 0 Å². The summed E-state index contributed by atoms with van der Waals surface area (Å²) in [5.74, 6) is 0.